The average molecular weight is 274 g/mol. The van der Waals surface area contributed by atoms with Crippen molar-refractivity contribution < 1.29 is 8.42 Å². The number of nitrogens with one attached hydrogen (secondary N) is 1. The van der Waals surface area contributed by atoms with Crippen molar-refractivity contribution in [3.05, 3.63) is 0 Å². The molecular weight excluding hydrogens is 250 g/mol. The molecule has 0 saturated carbocycles. The predicted molar refractivity (Wildman–Crippen MR) is 69.9 cm³/mol. The van der Waals surface area contributed by atoms with Crippen LogP contribution in [-0.2, 0) is 10.2 Å². The first kappa shape index (κ1) is 18.5. The number of hydrogen-bond donors (Lipinski definition) is 2. The topological polar surface area (TPSA) is 75.4 Å². The summed E-state index contributed by atoms with van der Waals surface area (Å²) in [6, 6.07) is -0.0987. The number of rotatable bonds is 6. The van der Waals surface area contributed by atoms with Crippen molar-refractivity contribution in [3.63, 3.8) is 0 Å². The van der Waals surface area contributed by atoms with E-state index in [1.807, 2.05) is 13.8 Å². The van der Waals surface area contributed by atoms with Crippen molar-refractivity contribution in [2.75, 3.05) is 20.1 Å². The fraction of sp³-hybridized carbons (Fsp3) is 1.00. The molecule has 0 aliphatic carbocycles. The molecule has 0 heterocycles. The van der Waals surface area contributed by atoms with E-state index in [1.165, 1.54) is 4.31 Å². The van der Waals surface area contributed by atoms with Crippen LogP contribution in [0, 0.1) is 5.41 Å². The molecule has 0 rings (SSSR count). The first-order valence-corrected chi connectivity index (χ1v) is 6.48. The Balaban J connectivity index is 0. The maximum Gasteiger partial charge on any atom is 0.279 e. The van der Waals surface area contributed by atoms with Crippen LogP contribution in [0.15, 0.2) is 0 Å². The van der Waals surface area contributed by atoms with E-state index in [2.05, 4.69) is 4.72 Å². The monoisotopic (exact) mass is 273 g/mol. The zero-order valence-corrected chi connectivity index (χ0v) is 12.3. The van der Waals surface area contributed by atoms with Gasteiger partial charge >= 0.3 is 0 Å². The van der Waals surface area contributed by atoms with Crippen LogP contribution >= 0.6 is 12.4 Å². The van der Waals surface area contributed by atoms with Gasteiger partial charge in [-0.2, -0.15) is 17.4 Å². The van der Waals surface area contributed by atoms with Crippen LogP contribution in [0.5, 0.6) is 0 Å². The summed E-state index contributed by atoms with van der Waals surface area (Å²) in [5.74, 6) is 0. The van der Waals surface area contributed by atoms with Gasteiger partial charge in [0.05, 0.1) is 0 Å². The summed E-state index contributed by atoms with van der Waals surface area (Å²) in [7, 11) is -1.82. The minimum absolute atomic E-state index is 0. The highest BCUT2D eigenvalue weighted by Crippen LogP contribution is 2.15. The minimum atomic E-state index is -3.38. The van der Waals surface area contributed by atoms with E-state index in [9.17, 15) is 8.42 Å². The quantitative estimate of drug-likeness (QED) is 0.743. The maximum absolute atomic E-state index is 11.7. The van der Waals surface area contributed by atoms with Gasteiger partial charge in [0.25, 0.3) is 10.2 Å². The zero-order chi connectivity index (χ0) is 12.3. The van der Waals surface area contributed by atoms with E-state index >= 15 is 0 Å². The lowest BCUT2D eigenvalue weighted by atomic mass is 9.94. The van der Waals surface area contributed by atoms with Crippen LogP contribution in [0.4, 0.5) is 0 Å². The van der Waals surface area contributed by atoms with E-state index in [1.54, 1.807) is 20.9 Å². The Morgan fingerprint density at radius 3 is 2.12 bits per heavy atom. The lowest BCUT2D eigenvalue weighted by molar-refractivity contribution is 0.289. The van der Waals surface area contributed by atoms with Crippen molar-refractivity contribution >= 4 is 22.6 Å². The molecule has 0 atom stereocenters. The summed E-state index contributed by atoms with van der Waals surface area (Å²) >= 11 is 0. The smallest absolute Gasteiger partial charge is 0.279 e. The van der Waals surface area contributed by atoms with Crippen molar-refractivity contribution in [1.29, 1.82) is 0 Å². The molecule has 0 saturated heterocycles. The Hall–Kier alpha value is 0.120. The number of nitrogens with zero attached hydrogens (tertiary/aromatic N) is 1. The number of hydrogen-bond acceptors (Lipinski definition) is 3. The van der Waals surface area contributed by atoms with Crippen LogP contribution in [-0.4, -0.2) is 38.9 Å². The number of halogens is 1. The highest BCUT2D eigenvalue weighted by atomic mass is 35.5. The molecule has 0 bridgehead atoms. The molecule has 0 aromatic carbocycles. The van der Waals surface area contributed by atoms with Gasteiger partial charge in [-0.05, 0) is 25.8 Å². The summed E-state index contributed by atoms with van der Waals surface area (Å²) in [5, 5.41) is 0. The summed E-state index contributed by atoms with van der Waals surface area (Å²) < 4.78 is 27.2. The second-order valence-corrected chi connectivity index (χ2v) is 6.71. The molecule has 0 radical (unpaired) electrons. The minimum Gasteiger partial charge on any atom is -0.330 e. The summed E-state index contributed by atoms with van der Waals surface area (Å²) in [4.78, 5) is 0. The van der Waals surface area contributed by atoms with Crippen LogP contribution in [0.25, 0.3) is 0 Å². The first-order chi connectivity index (χ1) is 6.60. The fourth-order valence-electron chi connectivity index (χ4n) is 1.14. The molecule has 0 aliphatic rings. The lowest BCUT2D eigenvalue weighted by Crippen LogP contribution is -2.46. The normalized spacial score (nSPS) is 13.0. The third-order valence-corrected chi connectivity index (χ3v) is 3.72. The van der Waals surface area contributed by atoms with Gasteiger partial charge in [-0.25, -0.2) is 0 Å². The van der Waals surface area contributed by atoms with Crippen LogP contribution in [0.2, 0.25) is 0 Å². The number of nitrogens with two attached hydrogens (primary N) is 1. The molecule has 0 aromatic heterocycles. The van der Waals surface area contributed by atoms with Gasteiger partial charge < -0.3 is 5.73 Å². The maximum atomic E-state index is 11.7. The van der Waals surface area contributed by atoms with Gasteiger partial charge in [0, 0.05) is 19.6 Å². The molecule has 100 valence electrons. The Kier molecular flexibility index (Phi) is 7.81. The standard InChI is InChI=1S/C9H23N3O2S.ClH/c1-8(2)11-15(13,14)12(5)7-9(3,4)6-10;/h8,11H,6-7,10H2,1-5H3;1H. The molecule has 0 amide bonds. The van der Waals surface area contributed by atoms with Crippen LogP contribution < -0.4 is 10.5 Å². The molecule has 5 nitrogen and oxygen atoms in total. The second kappa shape index (κ2) is 6.76. The van der Waals surface area contributed by atoms with Crippen LogP contribution in [0.1, 0.15) is 27.7 Å². The van der Waals surface area contributed by atoms with Crippen molar-refractivity contribution in [3.8, 4) is 0 Å². The van der Waals surface area contributed by atoms with E-state index in [0.717, 1.165) is 0 Å². The third-order valence-electron chi connectivity index (χ3n) is 2.00. The molecule has 0 unspecified atom stereocenters. The molecular formula is C9H24ClN3O2S. The Morgan fingerprint density at radius 1 is 1.38 bits per heavy atom. The van der Waals surface area contributed by atoms with Gasteiger partial charge in [0.1, 0.15) is 0 Å². The Morgan fingerprint density at radius 2 is 1.81 bits per heavy atom. The van der Waals surface area contributed by atoms with E-state index < -0.39 is 10.2 Å². The molecule has 16 heavy (non-hydrogen) atoms. The van der Waals surface area contributed by atoms with Crippen molar-refractivity contribution in [2.45, 2.75) is 33.7 Å². The lowest BCUT2D eigenvalue weighted by Gasteiger charge is -2.29. The largest absolute Gasteiger partial charge is 0.330 e. The van der Waals surface area contributed by atoms with Gasteiger partial charge in [-0.1, -0.05) is 13.8 Å². The molecule has 0 fully saturated rings. The Bertz CT molecular complexity index is 291. The van der Waals surface area contributed by atoms with Crippen molar-refractivity contribution in [2.24, 2.45) is 11.1 Å². The van der Waals surface area contributed by atoms with E-state index in [0.29, 0.717) is 13.1 Å². The average Bonchev–Trinajstić information content (AvgIpc) is 2.01. The summed E-state index contributed by atoms with van der Waals surface area (Å²) in [6.45, 7) is 8.32. The Labute approximate surface area is 105 Å². The first-order valence-electron chi connectivity index (χ1n) is 5.04. The molecule has 3 N–H and O–H groups in total. The van der Waals surface area contributed by atoms with Gasteiger partial charge in [-0.15, -0.1) is 12.4 Å². The predicted octanol–water partition coefficient (Wildman–Crippen LogP) is 0.568. The fourth-order valence-corrected chi connectivity index (χ4v) is 2.44. The van der Waals surface area contributed by atoms with Crippen LogP contribution in [0.3, 0.4) is 0 Å². The van der Waals surface area contributed by atoms with E-state index in [4.69, 9.17) is 5.73 Å². The van der Waals surface area contributed by atoms with E-state index in [-0.39, 0.29) is 23.9 Å². The van der Waals surface area contributed by atoms with Gasteiger partial charge in [0.2, 0.25) is 0 Å². The second-order valence-electron chi connectivity index (χ2n) is 4.90. The molecule has 7 heteroatoms. The SMILES string of the molecule is CC(C)NS(=O)(=O)N(C)CC(C)(C)CN.Cl. The van der Waals surface area contributed by atoms with Gasteiger partial charge in [-0.3, -0.25) is 0 Å². The molecule has 0 aliphatic heterocycles. The third kappa shape index (κ3) is 6.65. The van der Waals surface area contributed by atoms with Gasteiger partial charge in [0.15, 0.2) is 0 Å². The molecule has 0 spiro atoms. The highest BCUT2D eigenvalue weighted by molar-refractivity contribution is 7.87. The highest BCUT2D eigenvalue weighted by Gasteiger charge is 2.25. The van der Waals surface area contributed by atoms with Crippen molar-refractivity contribution in [1.82, 2.24) is 9.03 Å². The molecule has 0 aromatic rings. The summed E-state index contributed by atoms with van der Waals surface area (Å²) in [5.41, 5.74) is 5.35. The zero-order valence-electron chi connectivity index (χ0n) is 10.6. The summed E-state index contributed by atoms with van der Waals surface area (Å²) in [6.07, 6.45) is 0.